The molecule has 0 spiro atoms. The fourth-order valence-electron chi connectivity index (χ4n) is 2.18. The number of ether oxygens (including phenoxy) is 2. The first kappa shape index (κ1) is 17.0. The molecule has 122 valence electrons. The molecule has 0 radical (unpaired) electrons. The van der Waals surface area contributed by atoms with Crippen LogP contribution in [-0.4, -0.2) is 50.2 Å². The Morgan fingerprint density at radius 1 is 1.35 bits per heavy atom. The maximum absolute atomic E-state index is 12.3. The van der Waals surface area contributed by atoms with Gasteiger partial charge in [-0.25, -0.2) is 4.79 Å². The van der Waals surface area contributed by atoms with Crippen LogP contribution in [0.25, 0.3) is 0 Å². The van der Waals surface area contributed by atoms with Crippen molar-refractivity contribution in [1.82, 2.24) is 5.32 Å². The predicted octanol–water partition coefficient (Wildman–Crippen LogP) is -1.26. The zero-order valence-corrected chi connectivity index (χ0v) is 12.7. The van der Waals surface area contributed by atoms with Gasteiger partial charge in [0.15, 0.2) is 0 Å². The molecule has 2 rings (SSSR count). The van der Waals surface area contributed by atoms with Crippen LogP contribution in [-0.2, 0) is 30.3 Å². The lowest BCUT2D eigenvalue weighted by molar-refractivity contribution is -0.149. The smallest absolute Gasteiger partial charge is 0.469 e. The van der Waals surface area contributed by atoms with Gasteiger partial charge in [-0.15, -0.1) is 0 Å². The first-order valence-electron chi connectivity index (χ1n) is 6.84. The van der Waals surface area contributed by atoms with Crippen molar-refractivity contribution in [3.63, 3.8) is 0 Å². The molecule has 1 atom stereocenters. The van der Waals surface area contributed by atoms with Crippen LogP contribution < -0.4 is 10.8 Å². The van der Waals surface area contributed by atoms with Crippen molar-refractivity contribution in [2.75, 3.05) is 14.2 Å². The van der Waals surface area contributed by atoms with Crippen LogP contribution in [0.15, 0.2) is 18.2 Å². The van der Waals surface area contributed by atoms with E-state index in [1.165, 1.54) is 13.2 Å². The summed E-state index contributed by atoms with van der Waals surface area (Å²) in [5.41, 5.74) is 1.51. The van der Waals surface area contributed by atoms with Crippen molar-refractivity contribution in [3.8, 4) is 0 Å². The van der Waals surface area contributed by atoms with E-state index in [1.54, 1.807) is 12.1 Å². The predicted molar refractivity (Wildman–Crippen MR) is 78.7 cm³/mol. The average molecular weight is 321 g/mol. The maximum Gasteiger partial charge on any atom is 0.491 e. The van der Waals surface area contributed by atoms with Gasteiger partial charge in [0.2, 0.25) is 0 Å². The van der Waals surface area contributed by atoms with Crippen LogP contribution in [0.5, 0.6) is 0 Å². The molecular weight excluding hydrogens is 305 g/mol. The Morgan fingerprint density at radius 3 is 2.74 bits per heavy atom. The van der Waals surface area contributed by atoms with Gasteiger partial charge < -0.3 is 24.5 Å². The van der Waals surface area contributed by atoms with Crippen molar-refractivity contribution in [2.24, 2.45) is 0 Å². The third kappa shape index (κ3) is 3.88. The van der Waals surface area contributed by atoms with E-state index in [-0.39, 0.29) is 18.6 Å². The number of fused-ring (bicyclic) bond motifs is 1. The summed E-state index contributed by atoms with van der Waals surface area (Å²) in [5, 5.41) is 12.1. The van der Waals surface area contributed by atoms with Gasteiger partial charge in [0, 0.05) is 5.56 Å². The lowest BCUT2D eigenvalue weighted by atomic mass is 9.79. The lowest BCUT2D eigenvalue weighted by Gasteiger charge is -2.15. The third-order valence-corrected chi connectivity index (χ3v) is 3.46. The molecule has 8 nitrogen and oxygen atoms in total. The molecular formula is C14H16BNO7. The third-order valence-electron chi connectivity index (χ3n) is 3.46. The summed E-state index contributed by atoms with van der Waals surface area (Å²) < 4.78 is 14.1. The second kappa shape index (κ2) is 7.25. The summed E-state index contributed by atoms with van der Waals surface area (Å²) in [6.07, 6.45) is -0.342. The molecule has 0 unspecified atom stereocenters. The van der Waals surface area contributed by atoms with Gasteiger partial charge in [-0.05, 0) is 23.2 Å². The number of esters is 2. The molecule has 1 heterocycles. The largest absolute Gasteiger partial charge is 0.491 e. The Kier molecular flexibility index (Phi) is 5.35. The average Bonchev–Trinajstić information content (AvgIpc) is 2.93. The Labute approximate surface area is 132 Å². The highest BCUT2D eigenvalue weighted by Gasteiger charge is 2.29. The number of carbonyl (C=O) groups is 3. The zero-order valence-electron chi connectivity index (χ0n) is 12.7. The number of benzene rings is 1. The number of nitrogens with one attached hydrogen (secondary N) is 1. The highest BCUT2D eigenvalue weighted by Crippen LogP contribution is 2.12. The number of hydrogen-bond acceptors (Lipinski definition) is 7. The molecule has 1 aliphatic heterocycles. The molecule has 1 aromatic rings. The minimum atomic E-state index is -1.16. The van der Waals surface area contributed by atoms with Gasteiger partial charge in [-0.1, -0.05) is 6.07 Å². The second-order valence-corrected chi connectivity index (χ2v) is 4.91. The molecule has 1 aromatic carbocycles. The normalized spacial score (nSPS) is 14.0. The van der Waals surface area contributed by atoms with Crippen molar-refractivity contribution in [1.29, 1.82) is 0 Å². The van der Waals surface area contributed by atoms with Crippen molar-refractivity contribution < 1.29 is 33.5 Å². The van der Waals surface area contributed by atoms with Crippen LogP contribution in [0, 0.1) is 0 Å². The van der Waals surface area contributed by atoms with Crippen molar-refractivity contribution in [2.45, 2.75) is 19.1 Å². The van der Waals surface area contributed by atoms with Gasteiger partial charge in [-0.3, -0.25) is 9.59 Å². The highest BCUT2D eigenvalue weighted by molar-refractivity contribution is 6.61. The van der Waals surface area contributed by atoms with Crippen molar-refractivity contribution in [3.05, 3.63) is 29.3 Å². The van der Waals surface area contributed by atoms with E-state index in [0.29, 0.717) is 5.46 Å². The summed E-state index contributed by atoms with van der Waals surface area (Å²) in [6, 6.07) is 3.53. The molecule has 0 fully saturated rings. The molecule has 23 heavy (non-hydrogen) atoms. The quantitative estimate of drug-likeness (QED) is 0.514. The van der Waals surface area contributed by atoms with E-state index in [4.69, 9.17) is 4.65 Å². The van der Waals surface area contributed by atoms with Crippen LogP contribution in [0.3, 0.4) is 0 Å². The number of carbonyl (C=O) groups excluding carboxylic acids is 3. The monoisotopic (exact) mass is 321 g/mol. The summed E-state index contributed by atoms with van der Waals surface area (Å²) in [5.74, 6) is -1.99. The van der Waals surface area contributed by atoms with Gasteiger partial charge >= 0.3 is 19.1 Å². The molecule has 0 bridgehead atoms. The van der Waals surface area contributed by atoms with Gasteiger partial charge in [0.1, 0.15) is 6.04 Å². The molecule has 1 amide bonds. The van der Waals surface area contributed by atoms with Gasteiger partial charge in [0.05, 0.1) is 27.2 Å². The SMILES string of the molecule is COC(=O)C[C@H](NC(=O)c1ccc2c(c1)B(O)OC2)C(=O)OC. The van der Waals surface area contributed by atoms with E-state index in [0.717, 1.165) is 12.7 Å². The topological polar surface area (TPSA) is 111 Å². The molecule has 0 saturated heterocycles. The van der Waals surface area contributed by atoms with E-state index >= 15 is 0 Å². The summed E-state index contributed by atoms with van der Waals surface area (Å²) in [7, 11) is 1.26. The fourth-order valence-corrected chi connectivity index (χ4v) is 2.18. The zero-order chi connectivity index (χ0) is 17.0. The van der Waals surface area contributed by atoms with E-state index in [9.17, 15) is 19.4 Å². The van der Waals surface area contributed by atoms with Crippen molar-refractivity contribution >= 4 is 30.4 Å². The van der Waals surface area contributed by atoms with Crippen LogP contribution in [0.4, 0.5) is 0 Å². The molecule has 9 heteroatoms. The summed E-state index contributed by atoms with van der Waals surface area (Å²) in [6.45, 7) is 0.269. The number of rotatable bonds is 5. The second-order valence-electron chi connectivity index (χ2n) is 4.91. The minimum absolute atomic E-state index is 0.229. The summed E-state index contributed by atoms with van der Waals surface area (Å²) >= 11 is 0. The molecule has 1 aliphatic rings. The molecule has 2 N–H and O–H groups in total. The number of amides is 1. The molecule has 0 aliphatic carbocycles. The first-order chi connectivity index (χ1) is 11.0. The van der Waals surface area contributed by atoms with Crippen LogP contribution in [0.1, 0.15) is 22.3 Å². The van der Waals surface area contributed by atoms with E-state index < -0.39 is 31.0 Å². The van der Waals surface area contributed by atoms with Gasteiger partial charge in [0.25, 0.3) is 5.91 Å². The summed E-state index contributed by atoms with van der Waals surface area (Å²) in [4.78, 5) is 35.2. The van der Waals surface area contributed by atoms with E-state index in [1.807, 2.05) is 0 Å². The maximum atomic E-state index is 12.3. The van der Waals surface area contributed by atoms with Gasteiger partial charge in [-0.2, -0.15) is 0 Å². The van der Waals surface area contributed by atoms with Crippen LogP contribution >= 0.6 is 0 Å². The van der Waals surface area contributed by atoms with Crippen LogP contribution in [0.2, 0.25) is 0 Å². The molecule has 0 aromatic heterocycles. The Bertz CT molecular complexity index is 634. The molecule has 0 saturated carbocycles. The Hall–Kier alpha value is -2.39. The minimum Gasteiger partial charge on any atom is -0.469 e. The number of hydrogen-bond donors (Lipinski definition) is 2. The number of methoxy groups -OCH3 is 2. The highest BCUT2D eigenvalue weighted by atomic mass is 16.5. The Balaban J connectivity index is 2.14. The fraction of sp³-hybridized carbons (Fsp3) is 0.357. The standard InChI is InChI=1S/C14H16BNO7/c1-21-12(17)6-11(14(19)22-2)16-13(18)8-3-4-9-7-23-15(20)10(9)5-8/h3-5,11,20H,6-7H2,1-2H3,(H,16,18)/t11-/m0/s1. The first-order valence-corrected chi connectivity index (χ1v) is 6.84. The lowest BCUT2D eigenvalue weighted by Crippen LogP contribution is -2.43. The Morgan fingerprint density at radius 2 is 2.09 bits per heavy atom. The van der Waals surface area contributed by atoms with E-state index in [2.05, 4.69) is 14.8 Å².